The molecule has 0 aliphatic carbocycles. The summed E-state index contributed by atoms with van der Waals surface area (Å²) in [4.78, 5) is 21.6. The molecule has 1 aromatic heterocycles. The summed E-state index contributed by atoms with van der Waals surface area (Å²) < 4.78 is 1.00. The molecule has 1 saturated heterocycles. The van der Waals surface area contributed by atoms with Crippen LogP contribution < -0.4 is 4.90 Å². The average Bonchev–Trinajstić information content (AvgIpc) is 2.69. The fourth-order valence-corrected chi connectivity index (χ4v) is 4.24. The van der Waals surface area contributed by atoms with Crippen LogP contribution in [0.15, 0.2) is 47.1 Å². The zero-order valence-corrected chi connectivity index (χ0v) is 16.5. The predicted molar refractivity (Wildman–Crippen MR) is 107 cm³/mol. The first kappa shape index (κ1) is 17.5. The monoisotopic (exact) mass is 413 g/mol. The summed E-state index contributed by atoms with van der Waals surface area (Å²) in [5, 5.41) is 0. The van der Waals surface area contributed by atoms with Gasteiger partial charge in [-0.05, 0) is 64.4 Å². The van der Waals surface area contributed by atoms with Crippen LogP contribution in [0.1, 0.15) is 30.4 Å². The van der Waals surface area contributed by atoms with Gasteiger partial charge in [-0.2, -0.15) is 0 Å². The van der Waals surface area contributed by atoms with E-state index in [0.29, 0.717) is 18.2 Å². The number of halogens is 1. The van der Waals surface area contributed by atoms with Crippen LogP contribution in [0.5, 0.6) is 0 Å². The van der Waals surface area contributed by atoms with Crippen molar-refractivity contribution in [3.8, 4) is 0 Å². The molecule has 0 radical (unpaired) electrons. The van der Waals surface area contributed by atoms with E-state index in [9.17, 15) is 4.79 Å². The van der Waals surface area contributed by atoms with Gasteiger partial charge in [-0.15, -0.1) is 0 Å². The van der Waals surface area contributed by atoms with Gasteiger partial charge >= 0.3 is 0 Å². The van der Waals surface area contributed by atoms with Crippen LogP contribution in [-0.4, -0.2) is 35.4 Å². The number of hydrogen-bond donors (Lipinski definition) is 0. The molecule has 2 aliphatic rings. The lowest BCUT2D eigenvalue weighted by Gasteiger charge is -2.34. The van der Waals surface area contributed by atoms with Crippen molar-refractivity contribution >= 4 is 27.7 Å². The van der Waals surface area contributed by atoms with Gasteiger partial charge in [-0.1, -0.05) is 24.3 Å². The molecule has 136 valence electrons. The number of pyridine rings is 1. The molecule has 3 heterocycles. The molecule has 4 nitrogen and oxygen atoms in total. The minimum absolute atomic E-state index is 0.319. The smallest absolute Gasteiger partial charge is 0.223 e. The number of piperidine rings is 1. The zero-order valence-electron chi connectivity index (χ0n) is 14.9. The highest BCUT2D eigenvalue weighted by molar-refractivity contribution is 9.10. The number of fused-ring (bicyclic) bond motifs is 1. The molecule has 1 amide bonds. The molecular formula is C21H24BrN3O. The molecular weight excluding hydrogens is 390 g/mol. The van der Waals surface area contributed by atoms with E-state index in [4.69, 9.17) is 0 Å². The average molecular weight is 414 g/mol. The Balaban J connectivity index is 1.29. The van der Waals surface area contributed by atoms with E-state index >= 15 is 0 Å². The summed E-state index contributed by atoms with van der Waals surface area (Å²) in [6, 6.07) is 12.6. The van der Waals surface area contributed by atoms with E-state index in [-0.39, 0.29) is 0 Å². The summed E-state index contributed by atoms with van der Waals surface area (Å²) in [5.41, 5.74) is 2.70. The fourth-order valence-electron chi connectivity index (χ4n) is 4.01. The standard InChI is InChI=1S/C21H24BrN3O/c22-19-5-6-20(23-14-19)24-10-7-16(8-11-24)13-21(26)25-12-9-17-3-1-2-4-18(17)15-25/h1-6,14,16H,7-13,15H2. The SMILES string of the molecule is O=C(CC1CCN(c2ccc(Br)cn2)CC1)N1CCc2ccccc2C1. The lowest BCUT2D eigenvalue weighted by Crippen LogP contribution is -2.39. The molecule has 2 aliphatic heterocycles. The second-order valence-electron chi connectivity index (χ2n) is 7.30. The van der Waals surface area contributed by atoms with Crippen LogP contribution in [0.2, 0.25) is 0 Å². The zero-order chi connectivity index (χ0) is 17.9. The van der Waals surface area contributed by atoms with Crippen molar-refractivity contribution in [3.05, 3.63) is 58.2 Å². The number of aromatic nitrogens is 1. The lowest BCUT2D eigenvalue weighted by atomic mass is 9.92. The van der Waals surface area contributed by atoms with Crippen molar-refractivity contribution in [3.63, 3.8) is 0 Å². The molecule has 0 bridgehead atoms. The molecule has 0 spiro atoms. The summed E-state index contributed by atoms with van der Waals surface area (Å²) >= 11 is 3.43. The molecule has 2 aromatic rings. The van der Waals surface area contributed by atoms with Crippen molar-refractivity contribution in [2.45, 2.75) is 32.2 Å². The van der Waals surface area contributed by atoms with Gasteiger partial charge in [0.05, 0.1) is 0 Å². The Bertz CT molecular complexity index is 769. The van der Waals surface area contributed by atoms with Crippen LogP contribution in [0.25, 0.3) is 0 Å². The van der Waals surface area contributed by atoms with Gasteiger partial charge in [0.15, 0.2) is 0 Å². The number of benzene rings is 1. The number of hydrogen-bond acceptors (Lipinski definition) is 3. The minimum atomic E-state index is 0.319. The Kier molecular flexibility index (Phi) is 5.25. The summed E-state index contributed by atoms with van der Waals surface area (Å²) in [6.07, 6.45) is 5.64. The van der Waals surface area contributed by atoms with Crippen LogP contribution >= 0.6 is 15.9 Å². The quantitative estimate of drug-likeness (QED) is 0.761. The molecule has 0 N–H and O–H groups in total. The Morgan fingerprint density at radius 2 is 1.85 bits per heavy atom. The number of amides is 1. The first-order chi connectivity index (χ1) is 12.7. The highest BCUT2D eigenvalue weighted by Crippen LogP contribution is 2.26. The molecule has 4 rings (SSSR count). The first-order valence-corrected chi connectivity index (χ1v) is 10.2. The lowest BCUT2D eigenvalue weighted by molar-refractivity contribution is -0.133. The van der Waals surface area contributed by atoms with E-state index in [1.165, 1.54) is 11.1 Å². The van der Waals surface area contributed by atoms with Gasteiger partial charge in [0.25, 0.3) is 0 Å². The van der Waals surface area contributed by atoms with Crippen molar-refractivity contribution in [2.24, 2.45) is 5.92 Å². The highest BCUT2D eigenvalue weighted by atomic mass is 79.9. The van der Waals surface area contributed by atoms with E-state index < -0.39 is 0 Å². The normalized spacial score (nSPS) is 17.9. The predicted octanol–water partition coefficient (Wildman–Crippen LogP) is 4.04. The molecule has 1 fully saturated rings. The third-order valence-electron chi connectivity index (χ3n) is 5.60. The Hall–Kier alpha value is -1.88. The number of anilines is 1. The number of carbonyl (C=O) groups excluding carboxylic acids is 1. The van der Waals surface area contributed by atoms with Gasteiger partial charge in [-0.25, -0.2) is 4.98 Å². The number of rotatable bonds is 3. The number of nitrogens with zero attached hydrogens (tertiary/aromatic N) is 3. The first-order valence-electron chi connectivity index (χ1n) is 9.40. The van der Waals surface area contributed by atoms with Crippen molar-refractivity contribution in [2.75, 3.05) is 24.5 Å². The van der Waals surface area contributed by atoms with E-state index in [0.717, 1.165) is 55.7 Å². The highest BCUT2D eigenvalue weighted by Gasteiger charge is 2.26. The molecule has 0 unspecified atom stereocenters. The molecule has 0 saturated carbocycles. The summed E-state index contributed by atoms with van der Waals surface area (Å²) in [6.45, 7) is 3.60. The summed E-state index contributed by atoms with van der Waals surface area (Å²) in [5.74, 6) is 1.84. The fraction of sp³-hybridized carbons (Fsp3) is 0.429. The maximum atomic E-state index is 12.8. The van der Waals surface area contributed by atoms with Crippen molar-refractivity contribution < 1.29 is 4.79 Å². The van der Waals surface area contributed by atoms with Crippen LogP contribution in [-0.2, 0) is 17.8 Å². The van der Waals surface area contributed by atoms with Crippen LogP contribution in [0, 0.1) is 5.92 Å². The van der Waals surface area contributed by atoms with Gasteiger partial charge in [0.2, 0.25) is 5.91 Å². The topological polar surface area (TPSA) is 36.4 Å². The molecule has 5 heteroatoms. The third kappa shape index (κ3) is 3.93. The molecule has 0 atom stereocenters. The maximum absolute atomic E-state index is 12.8. The second kappa shape index (κ2) is 7.78. The largest absolute Gasteiger partial charge is 0.357 e. The Morgan fingerprint density at radius 1 is 1.08 bits per heavy atom. The van der Waals surface area contributed by atoms with E-state index in [1.807, 2.05) is 17.2 Å². The van der Waals surface area contributed by atoms with Gasteiger partial charge in [0.1, 0.15) is 5.82 Å². The van der Waals surface area contributed by atoms with E-state index in [1.54, 1.807) is 0 Å². The minimum Gasteiger partial charge on any atom is -0.357 e. The Labute approximate surface area is 163 Å². The van der Waals surface area contributed by atoms with Gasteiger partial charge in [0, 0.05) is 43.3 Å². The van der Waals surface area contributed by atoms with E-state index in [2.05, 4.69) is 56.1 Å². The third-order valence-corrected chi connectivity index (χ3v) is 6.07. The van der Waals surface area contributed by atoms with Crippen LogP contribution in [0.4, 0.5) is 5.82 Å². The van der Waals surface area contributed by atoms with Crippen molar-refractivity contribution in [1.29, 1.82) is 0 Å². The van der Waals surface area contributed by atoms with Crippen molar-refractivity contribution in [1.82, 2.24) is 9.88 Å². The Morgan fingerprint density at radius 3 is 2.58 bits per heavy atom. The second-order valence-corrected chi connectivity index (χ2v) is 8.22. The van der Waals surface area contributed by atoms with Crippen LogP contribution in [0.3, 0.4) is 0 Å². The molecule has 26 heavy (non-hydrogen) atoms. The number of carbonyl (C=O) groups is 1. The summed E-state index contributed by atoms with van der Waals surface area (Å²) in [7, 11) is 0. The maximum Gasteiger partial charge on any atom is 0.223 e. The molecule has 1 aromatic carbocycles. The van der Waals surface area contributed by atoms with Gasteiger partial charge < -0.3 is 9.80 Å². The van der Waals surface area contributed by atoms with Gasteiger partial charge in [-0.3, -0.25) is 4.79 Å².